The first-order valence-electron chi connectivity index (χ1n) is 6.67. The maximum atomic E-state index is 12.2. The molecule has 1 N–H and O–H groups in total. The van der Waals surface area contributed by atoms with Crippen LogP contribution in [0.4, 0.5) is 0 Å². The van der Waals surface area contributed by atoms with Gasteiger partial charge in [0.15, 0.2) is 11.5 Å². The minimum Gasteiger partial charge on any atom is -0.493 e. The van der Waals surface area contributed by atoms with Gasteiger partial charge < -0.3 is 14.5 Å². The average molecular weight is 318 g/mol. The summed E-state index contributed by atoms with van der Waals surface area (Å²) in [5.41, 5.74) is -0.154. The molecule has 6 nitrogen and oxygen atoms in total. The zero-order valence-electron chi connectivity index (χ0n) is 11.9. The van der Waals surface area contributed by atoms with Gasteiger partial charge in [0.1, 0.15) is 11.3 Å². The molecule has 0 aliphatic carbocycles. The molecule has 7 heteroatoms. The molecule has 0 aliphatic heterocycles. The Morgan fingerprint density at radius 3 is 2.73 bits per heavy atom. The number of H-pyrrole nitrogens is 1. The highest BCUT2D eigenvalue weighted by molar-refractivity contribution is 7.17. The summed E-state index contributed by atoms with van der Waals surface area (Å²) in [4.78, 5) is 26.9. The smallest absolute Gasteiger partial charge is 0.328 e. The SMILES string of the molecule is COc1ccccc1OCCn1c(=O)[nH]c2ccsc2c1=O. The molecule has 0 spiro atoms. The van der Waals surface area contributed by atoms with Crippen LogP contribution in [0.1, 0.15) is 0 Å². The second-order valence-corrected chi connectivity index (χ2v) is 5.47. The van der Waals surface area contributed by atoms with Crippen LogP contribution < -0.4 is 20.7 Å². The highest BCUT2D eigenvalue weighted by Crippen LogP contribution is 2.25. The molecule has 3 aromatic rings. The summed E-state index contributed by atoms with van der Waals surface area (Å²) in [7, 11) is 1.56. The van der Waals surface area contributed by atoms with Crippen LogP contribution in [-0.4, -0.2) is 23.3 Å². The molecule has 0 saturated carbocycles. The molecule has 0 bridgehead atoms. The van der Waals surface area contributed by atoms with Gasteiger partial charge in [-0.05, 0) is 23.6 Å². The fourth-order valence-electron chi connectivity index (χ4n) is 2.16. The lowest BCUT2D eigenvalue weighted by Crippen LogP contribution is -2.36. The van der Waals surface area contributed by atoms with E-state index in [1.54, 1.807) is 30.7 Å². The minimum atomic E-state index is -0.431. The van der Waals surface area contributed by atoms with Crippen LogP contribution in [0.25, 0.3) is 10.2 Å². The lowest BCUT2D eigenvalue weighted by atomic mass is 10.3. The maximum absolute atomic E-state index is 12.2. The van der Waals surface area contributed by atoms with Crippen molar-refractivity contribution in [2.75, 3.05) is 13.7 Å². The quantitative estimate of drug-likeness (QED) is 0.779. The first kappa shape index (κ1) is 14.4. The zero-order valence-corrected chi connectivity index (χ0v) is 12.7. The lowest BCUT2D eigenvalue weighted by molar-refractivity contribution is 0.276. The number of nitrogens with zero attached hydrogens (tertiary/aromatic N) is 1. The van der Waals surface area contributed by atoms with Crippen molar-refractivity contribution in [3.63, 3.8) is 0 Å². The normalized spacial score (nSPS) is 10.8. The summed E-state index contributed by atoms with van der Waals surface area (Å²) in [5.74, 6) is 1.18. The van der Waals surface area contributed by atoms with Crippen molar-refractivity contribution in [3.05, 3.63) is 56.5 Å². The Labute approximate surface area is 129 Å². The van der Waals surface area contributed by atoms with Crippen molar-refractivity contribution in [2.24, 2.45) is 0 Å². The van der Waals surface area contributed by atoms with Gasteiger partial charge in [0, 0.05) is 0 Å². The Morgan fingerprint density at radius 2 is 1.95 bits per heavy atom. The van der Waals surface area contributed by atoms with Crippen LogP contribution in [0.5, 0.6) is 11.5 Å². The molecular weight excluding hydrogens is 304 g/mol. The summed E-state index contributed by atoms with van der Waals surface area (Å²) in [6.07, 6.45) is 0. The Hall–Kier alpha value is -2.54. The number of ether oxygens (including phenoxy) is 2. The van der Waals surface area contributed by atoms with E-state index < -0.39 is 5.69 Å². The first-order valence-corrected chi connectivity index (χ1v) is 7.55. The van der Waals surface area contributed by atoms with Gasteiger partial charge >= 0.3 is 5.69 Å². The Kier molecular flexibility index (Phi) is 3.97. The monoisotopic (exact) mass is 318 g/mol. The second kappa shape index (κ2) is 6.07. The number of aromatic nitrogens is 2. The van der Waals surface area contributed by atoms with Crippen LogP contribution in [0.3, 0.4) is 0 Å². The van der Waals surface area contributed by atoms with Crippen LogP contribution in [0, 0.1) is 0 Å². The van der Waals surface area contributed by atoms with E-state index in [9.17, 15) is 9.59 Å². The minimum absolute atomic E-state index is 0.167. The van der Waals surface area contributed by atoms with Crippen molar-refractivity contribution in [1.82, 2.24) is 9.55 Å². The van der Waals surface area contributed by atoms with Crippen molar-refractivity contribution in [2.45, 2.75) is 6.54 Å². The van der Waals surface area contributed by atoms with Gasteiger partial charge in [0.2, 0.25) is 0 Å². The van der Waals surface area contributed by atoms with Gasteiger partial charge in [0.25, 0.3) is 5.56 Å². The standard InChI is InChI=1S/C15H14N2O4S/c1-20-11-4-2-3-5-12(11)21-8-7-17-14(18)13-10(6-9-22-13)16-15(17)19/h2-6,9H,7-8H2,1H3,(H,16,19). The van der Waals surface area contributed by atoms with Crippen molar-refractivity contribution < 1.29 is 9.47 Å². The number of para-hydroxylation sites is 2. The fourth-order valence-corrected chi connectivity index (χ4v) is 2.96. The van der Waals surface area contributed by atoms with E-state index in [1.807, 2.05) is 12.1 Å². The third-order valence-electron chi connectivity index (χ3n) is 3.23. The Morgan fingerprint density at radius 1 is 1.18 bits per heavy atom. The predicted molar refractivity (Wildman–Crippen MR) is 85.2 cm³/mol. The van der Waals surface area contributed by atoms with Crippen molar-refractivity contribution >= 4 is 21.6 Å². The molecule has 0 radical (unpaired) electrons. The molecule has 2 aromatic heterocycles. The third kappa shape index (κ3) is 2.62. The molecule has 0 unspecified atom stereocenters. The van der Waals surface area contributed by atoms with Gasteiger partial charge in [-0.3, -0.25) is 9.36 Å². The number of hydrogen-bond acceptors (Lipinski definition) is 5. The number of aromatic amines is 1. The summed E-state index contributed by atoms with van der Waals surface area (Å²) >= 11 is 1.31. The Bertz CT molecular complexity index is 910. The molecule has 114 valence electrons. The van der Waals surface area contributed by atoms with E-state index in [4.69, 9.17) is 9.47 Å². The molecule has 3 rings (SSSR count). The van der Waals surface area contributed by atoms with E-state index in [2.05, 4.69) is 4.98 Å². The van der Waals surface area contributed by atoms with Crippen LogP contribution >= 0.6 is 11.3 Å². The molecule has 22 heavy (non-hydrogen) atoms. The van der Waals surface area contributed by atoms with Gasteiger partial charge in [-0.25, -0.2) is 4.79 Å². The van der Waals surface area contributed by atoms with Gasteiger partial charge in [-0.1, -0.05) is 12.1 Å². The molecular formula is C15H14N2O4S. The molecule has 0 amide bonds. The predicted octanol–water partition coefficient (Wildman–Crippen LogP) is 1.84. The van der Waals surface area contributed by atoms with Gasteiger partial charge in [0.05, 0.1) is 19.2 Å². The van der Waals surface area contributed by atoms with E-state index in [-0.39, 0.29) is 18.7 Å². The molecule has 2 heterocycles. The number of rotatable bonds is 5. The zero-order chi connectivity index (χ0) is 15.5. The molecule has 0 atom stereocenters. The first-order chi connectivity index (χ1) is 10.7. The molecule has 0 saturated heterocycles. The van der Waals surface area contributed by atoms with E-state index in [1.165, 1.54) is 11.3 Å². The topological polar surface area (TPSA) is 73.3 Å². The fraction of sp³-hybridized carbons (Fsp3) is 0.200. The van der Waals surface area contributed by atoms with Crippen molar-refractivity contribution in [3.8, 4) is 11.5 Å². The summed E-state index contributed by atoms with van der Waals surface area (Å²) < 4.78 is 12.5. The van der Waals surface area contributed by atoms with E-state index >= 15 is 0 Å². The summed E-state index contributed by atoms with van der Waals surface area (Å²) in [6, 6.07) is 8.94. The highest BCUT2D eigenvalue weighted by Gasteiger charge is 2.09. The van der Waals surface area contributed by atoms with Gasteiger partial charge in [-0.15, -0.1) is 11.3 Å². The molecule has 1 aromatic carbocycles. The largest absolute Gasteiger partial charge is 0.493 e. The number of thiophene rings is 1. The maximum Gasteiger partial charge on any atom is 0.328 e. The second-order valence-electron chi connectivity index (χ2n) is 4.55. The average Bonchev–Trinajstić information content (AvgIpc) is 2.99. The van der Waals surface area contributed by atoms with E-state index in [0.717, 1.165) is 4.57 Å². The molecule has 0 aliphatic rings. The number of fused-ring (bicyclic) bond motifs is 1. The lowest BCUT2D eigenvalue weighted by Gasteiger charge is -2.10. The molecule has 0 fully saturated rings. The van der Waals surface area contributed by atoms with E-state index in [0.29, 0.717) is 21.7 Å². The summed E-state index contributed by atoms with van der Waals surface area (Å²) in [6.45, 7) is 0.361. The summed E-state index contributed by atoms with van der Waals surface area (Å²) in [5, 5.41) is 1.78. The third-order valence-corrected chi connectivity index (χ3v) is 4.14. The van der Waals surface area contributed by atoms with Crippen LogP contribution in [-0.2, 0) is 6.54 Å². The number of nitrogens with one attached hydrogen (secondary N) is 1. The van der Waals surface area contributed by atoms with Crippen molar-refractivity contribution in [1.29, 1.82) is 0 Å². The number of hydrogen-bond donors (Lipinski definition) is 1. The van der Waals surface area contributed by atoms with Gasteiger partial charge in [-0.2, -0.15) is 0 Å². The highest BCUT2D eigenvalue weighted by atomic mass is 32.1. The van der Waals surface area contributed by atoms with Crippen LogP contribution in [0.2, 0.25) is 0 Å². The van der Waals surface area contributed by atoms with Crippen LogP contribution in [0.15, 0.2) is 45.3 Å². The Balaban J connectivity index is 1.80. The number of methoxy groups -OCH3 is 1. The number of benzene rings is 1.